The number of nitrogens with one attached hydrogen (secondary N) is 1. The van der Waals surface area contributed by atoms with E-state index in [1.165, 1.54) is 0 Å². The van der Waals surface area contributed by atoms with E-state index < -0.39 is 0 Å². The maximum absolute atomic E-state index is 11.3. The first-order chi connectivity index (χ1) is 5.63. The molecule has 1 amide bonds. The van der Waals surface area contributed by atoms with Crippen LogP contribution in [0.25, 0.3) is 0 Å². The summed E-state index contributed by atoms with van der Waals surface area (Å²) < 4.78 is 0. The van der Waals surface area contributed by atoms with Gasteiger partial charge in [0.25, 0.3) is 0 Å². The van der Waals surface area contributed by atoms with Gasteiger partial charge >= 0.3 is 0 Å². The molecule has 0 aromatic heterocycles. The van der Waals surface area contributed by atoms with Gasteiger partial charge in [-0.1, -0.05) is 0 Å². The Labute approximate surface area is 74.1 Å². The Hall–Kier alpha value is -0.610. The van der Waals surface area contributed by atoms with Gasteiger partial charge in [-0.05, 0) is 20.9 Å². The number of carbonyl (C=O) groups is 1. The fourth-order valence-corrected chi connectivity index (χ4v) is 0.919. The Morgan fingerprint density at radius 2 is 2.25 bits per heavy atom. The van der Waals surface area contributed by atoms with Crippen LogP contribution in [0.3, 0.4) is 0 Å². The number of nitrogens with zero attached hydrogens (tertiary/aromatic N) is 1. The van der Waals surface area contributed by atoms with Crippen LogP contribution in [-0.2, 0) is 4.79 Å². The summed E-state index contributed by atoms with van der Waals surface area (Å²) in [4.78, 5) is 13.2. The first kappa shape index (κ1) is 11.4. The predicted octanol–water partition coefficient (Wildman–Crippen LogP) is -0.598. The highest BCUT2D eigenvalue weighted by Crippen LogP contribution is 1.93. The van der Waals surface area contributed by atoms with Gasteiger partial charge in [0.2, 0.25) is 5.91 Å². The third kappa shape index (κ3) is 3.69. The zero-order valence-electron chi connectivity index (χ0n) is 8.13. The van der Waals surface area contributed by atoms with Crippen molar-refractivity contribution in [2.75, 3.05) is 26.7 Å². The van der Waals surface area contributed by atoms with Crippen molar-refractivity contribution in [1.29, 1.82) is 0 Å². The molecule has 0 saturated carbocycles. The summed E-state index contributed by atoms with van der Waals surface area (Å²) in [6.07, 6.45) is 0. The van der Waals surface area contributed by atoms with Crippen molar-refractivity contribution in [3.8, 4) is 0 Å². The molecule has 0 spiro atoms. The number of likely N-dealkylation sites (N-methyl/N-ethyl adjacent to an activating group) is 2. The lowest BCUT2D eigenvalue weighted by Gasteiger charge is -2.22. The number of hydrogen-bond acceptors (Lipinski definition) is 3. The third-order valence-electron chi connectivity index (χ3n) is 1.87. The minimum absolute atomic E-state index is 0.0634. The van der Waals surface area contributed by atoms with E-state index >= 15 is 0 Å². The summed E-state index contributed by atoms with van der Waals surface area (Å²) >= 11 is 0. The van der Waals surface area contributed by atoms with E-state index in [1.807, 2.05) is 25.8 Å². The van der Waals surface area contributed by atoms with Crippen molar-refractivity contribution in [3.05, 3.63) is 0 Å². The van der Waals surface area contributed by atoms with Gasteiger partial charge in [-0.25, -0.2) is 0 Å². The van der Waals surface area contributed by atoms with E-state index in [0.717, 1.165) is 6.54 Å². The van der Waals surface area contributed by atoms with Crippen molar-refractivity contribution in [3.63, 3.8) is 0 Å². The monoisotopic (exact) mass is 173 g/mol. The summed E-state index contributed by atoms with van der Waals surface area (Å²) in [5.41, 5.74) is 5.37. The van der Waals surface area contributed by atoms with Gasteiger partial charge in [-0.2, -0.15) is 0 Å². The summed E-state index contributed by atoms with van der Waals surface area (Å²) in [5.74, 6) is 0.0634. The van der Waals surface area contributed by atoms with Crippen LogP contribution in [0, 0.1) is 0 Å². The lowest BCUT2D eigenvalue weighted by atomic mass is 10.3. The second-order valence-electron chi connectivity index (χ2n) is 2.84. The molecule has 4 heteroatoms. The van der Waals surface area contributed by atoms with Crippen molar-refractivity contribution in [1.82, 2.24) is 10.2 Å². The maximum atomic E-state index is 11.3. The smallest absolute Gasteiger partial charge is 0.237 e. The fourth-order valence-electron chi connectivity index (χ4n) is 0.919. The Bertz CT molecular complexity index is 138. The number of hydrogen-bond donors (Lipinski definition) is 2. The topological polar surface area (TPSA) is 58.4 Å². The molecule has 0 heterocycles. The van der Waals surface area contributed by atoms with Gasteiger partial charge in [0, 0.05) is 19.6 Å². The molecule has 0 aliphatic rings. The Morgan fingerprint density at radius 3 is 2.67 bits per heavy atom. The molecule has 72 valence electrons. The van der Waals surface area contributed by atoms with Crippen molar-refractivity contribution >= 4 is 5.91 Å². The minimum atomic E-state index is -0.0894. The van der Waals surface area contributed by atoms with E-state index in [4.69, 9.17) is 5.73 Å². The van der Waals surface area contributed by atoms with Gasteiger partial charge in [0.1, 0.15) is 0 Å². The largest absolute Gasteiger partial charge is 0.355 e. The van der Waals surface area contributed by atoms with Gasteiger partial charge in [-0.3, -0.25) is 9.69 Å². The molecule has 12 heavy (non-hydrogen) atoms. The fraction of sp³-hybridized carbons (Fsp3) is 0.875. The van der Waals surface area contributed by atoms with Crippen LogP contribution in [0.15, 0.2) is 0 Å². The molecule has 0 aromatic carbocycles. The van der Waals surface area contributed by atoms with Crippen LogP contribution in [-0.4, -0.2) is 43.5 Å². The molecule has 0 bridgehead atoms. The Balaban J connectivity index is 3.82. The van der Waals surface area contributed by atoms with E-state index in [9.17, 15) is 4.79 Å². The van der Waals surface area contributed by atoms with Crippen molar-refractivity contribution in [2.45, 2.75) is 19.9 Å². The van der Waals surface area contributed by atoms with Gasteiger partial charge < -0.3 is 11.1 Å². The Kier molecular flexibility index (Phi) is 5.66. The van der Waals surface area contributed by atoms with Crippen LogP contribution in [0.5, 0.6) is 0 Å². The molecule has 3 N–H and O–H groups in total. The molecule has 0 aliphatic heterocycles. The summed E-state index contributed by atoms with van der Waals surface area (Å²) in [6, 6.07) is -0.0894. The van der Waals surface area contributed by atoms with Crippen LogP contribution < -0.4 is 11.1 Å². The molecule has 0 saturated heterocycles. The zero-order valence-corrected chi connectivity index (χ0v) is 8.13. The molecule has 1 unspecified atom stereocenters. The van der Waals surface area contributed by atoms with Crippen LogP contribution >= 0.6 is 0 Å². The molecule has 0 rings (SSSR count). The Morgan fingerprint density at radius 1 is 1.67 bits per heavy atom. The summed E-state index contributed by atoms with van der Waals surface area (Å²) in [7, 11) is 1.90. The maximum Gasteiger partial charge on any atom is 0.237 e. The number of carbonyl (C=O) groups excluding carboxylic acids is 1. The normalized spacial score (nSPS) is 13.1. The molecule has 4 nitrogen and oxygen atoms in total. The lowest BCUT2D eigenvalue weighted by molar-refractivity contribution is -0.125. The number of nitrogens with two attached hydrogens (primary N) is 1. The first-order valence-corrected chi connectivity index (χ1v) is 4.31. The average Bonchev–Trinajstić information content (AvgIpc) is 2.04. The second kappa shape index (κ2) is 5.97. The van der Waals surface area contributed by atoms with Crippen LogP contribution in [0.1, 0.15) is 13.8 Å². The molecular weight excluding hydrogens is 154 g/mol. The van der Waals surface area contributed by atoms with Crippen LogP contribution in [0.2, 0.25) is 0 Å². The molecule has 0 fully saturated rings. The van der Waals surface area contributed by atoms with Gasteiger partial charge in [0.05, 0.1) is 6.04 Å². The number of amides is 1. The third-order valence-corrected chi connectivity index (χ3v) is 1.87. The zero-order chi connectivity index (χ0) is 9.56. The molecule has 0 aliphatic carbocycles. The van der Waals surface area contributed by atoms with E-state index in [0.29, 0.717) is 13.1 Å². The van der Waals surface area contributed by atoms with E-state index in [2.05, 4.69) is 5.32 Å². The van der Waals surface area contributed by atoms with E-state index in [1.54, 1.807) is 0 Å². The molecule has 0 aromatic rings. The van der Waals surface area contributed by atoms with E-state index in [-0.39, 0.29) is 11.9 Å². The van der Waals surface area contributed by atoms with Gasteiger partial charge in [0.15, 0.2) is 0 Å². The molecule has 1 atom stereocenters. The average molecular weight is 173 g/mol. The highest BCUT2D eigenvalue weighted by Gasteiger charge is 2.15. The highest BCUT2D eigenvalue weighted by atomic mass is 16.2. The molecule has 0 radical (unpaired) electrons. The second-order valence-corrected chi connectivity index (χ2v) is 2.84. The van der Waals surface area contributed by atoms with Gasteiger partial charge in [-0.15, -0.1) is 0 Å². The molecular formula is C8H19N3O. The highest BCUT2D eigenvalue weighted by molar-refractivity contribution is 5.81. The van der Waals surface area contributed by atoms with Crippen molar-refractivity contribution < 1.29 is 4.79 Å². The lowest BCUT2D eigenvalue weighted by Crippen LogP contribution is -2.44. The summed E-state index contributed by atoms with van der Waals surface area (Å²) in [5, 5.41) is 2.76. The minimum Gasteiger partial charge on any atom is -0.355 e. The SMILES string of the molecule is CCNC(=O)C(C)N(C)CCN. The standard InChI is InChI=1S/C8H19N3O/c1-4-10-8(12)7(2)11(3)6-5-9/h7H,4-6,9H2,1-3H3,(H,10,12). The predicted molar refractivity (Wildman–Crippen MR) is 49.8 cm³/mol. The summed E-state index contributed by atoms with van der Waals surface area (Å²) in [6.45, 7) is 5.80. The quantitative estimate of drug-likeness (QED) is 0.584. The first-order valence-electron chi connectivity index (χ1n) is 4.31. The van der Waals surface area contributed by atoms with Crippen LogP contribution in [0.4, 0.5) is 0 Å². The van der Waals surface area contributed by atoms with Crippen molar-refractivity contribution in [2.24, 2.45) is 5.73 Å². The number of rotatable bonds is 5.